The quantitative estimate of drug-likeness (QED) is 0.0123. The number of carbonyl (C=O) groups excluding carboxylic acids is 17. The minimum atomic E-state index is -2.14. The summed E-state index contributed by atoms with van der Waals surface area (Å²) in [6.45, 7) is 8.65. The lowest BCUT2D eigenvalue weighted by Crippen LogP contribution is -2.62. The van der Waals surface area contributed by atoms with Gasteiger partial charge in [-0.3, -0.25) is 86.9 Å². The fourth-order valence-electron chi connectivity index (χ4n) is 17.4. The van der Waals surface area contributed by atoms with Gasteiger partial charge in [-0.2, -0.15) is 0 Å². The Balaban J connectivity index is 1.24. The van der Waals surface area contributed by atoms with Gasteiger partial charge in [-0.15, -0.1) is 11.8 Å². The predicted octanol–water partition coefficient (Wildman–Crippen LogP) is -2.21. The summed E-state index contributed by atoms with van der Waals surface area (Å²) in [5.41, 5.74) is 32.4. The van der Waals surface area contributed by atoms with E-state index in [9.17, 15) is 72.9 Å². The number of aromatic nitrogens is 1. The molecule has 4 aromatic carbocycles. The largest absolute Gasteiger partial charge is 0.482 e. The van der Waals surface area contributed by atoms with E-state index in [1.807, 2.05) is 30.3 Å². The van der Waals surface area contributed by atoms with Gasteiger partial charge in [0.15, 0.2) is 12.6 Å². The summed E-state index contributed by atoms with van der Waals surface area (Å²) in [6.07, 6.45) is 2.69. The zero-order valence-corrected chi connectivity index (χ0v) is 85.1. The van der Waals surface area contributed by atoms with Crippen molar-refractivity contribution in [2.45, 2.75) is 255 Å². The zero-order chi connectivity index (χ0) is 109. The van der Waals surface area contributed by atoms with Gasteiger partial charge in [0.1, 0.15) is 96.4 Å². The molecule has 1 aliphatic carbocycles. The Bertz CT molecular complexity index is 5410. The number of aliphatic carboxylic acids is 2. The van der Waals surface area contributed by atoms with Crippen molar-refractivity contribution >= 4 is 141 Å². The number of primary amides is 2. The topological polar surface area (TPSA) is 760 Å². The Hall–Kier alpha value is -14.5. The highest BCUT2D eigenvalue weighted by Gasteiger charge is 2.42. The number of nitrogens with two attached hydrogens (primary N) is 5. The summed E-state index contributed by atoms with van der Waals surface area (Å²) >= 11 is 0.697. The summed E-state index contributed by atoms with van der Waals surface area (Å²) in [7, 11) is 0. The monoisotopic (exact) mass is 2080 g/mol. The Morgan fingerprint density at radius 1 is 0.480 bits per heavy atom. The third-order valence-electron chi connectivity index (χ3n) is 25.7. The van der Waals surface area contributed by atoms with Crippen LogP contribution in [-0.4, -0.2) is 292 Å². The van der Waals surface area contributed by atoms with Crippen LogP contribution in [0.3, 0.4) is 0 Å². The van der Waals surface area contributed by atoms with Gasteiger partial charge in [0.2, 0.25) is 94.5 Å². The minimum Gasteiger partial charge on any atom is -0.482 e. The molecule has 2 aliphatic heterocycles. The van der Waals surface area contributed by atoms with E-state index >= 15 is 33.6 Å². The number of thioether (sulfide) groups is 1. The van der Waals surface area contributed by atoms with Gasteiger partial charge in [0.05, 0.1) is 18.8 Å². The maximum atomic E-state index is 15.6. The maximum absolute atomic E-state index is 15.6. The van der Waals surface area contributed by atoms with Gasteiger partial charge >= 0.3 is 18.0 Å². The van der Waals surface area contributed by atoms with Crippen LogP contribution < -0.4 is 118 Å². The number of benzene rings is 4. The minimum absolute atomic E-state index is 0.0104. The molecular weight excluding hydrogens is 1940 g/mol. The van der Waals surface area contributed by atoms with E-state index in [2.05, 4.69) is 90.1 Å². The van der Waals surface area contributed by atoms with Crippen LogP contribution in [0.25, 0.3) is 22.0 Å². The number of H-pyrrole nitrogens is 1. The van der Waals surface area contributed by atoms with Crippen molar-refractivity contribution in [3.05, 3.63) is 126 Å². The first-order valence-corrected chi connectivity index (χ1v) is 51.0. The number of piperidine rings is 1. The number of fused-ring (bicyclic) bond motifs is 1. The average Bonchev–Trinajstić information content (AvgIpc) is 1.65. The molecule has 31 N–H and O–H groups in total. The van der Waals surface area contributed by atoms with Crippen LogP contribution in [0.4, 0.5) is 4.79 Å². The van der Waals surface area contributed by atoms with Crippen molar-refractivity contribution in [1.29, 1.82) is 5.41 Å². The lowest BCUT2D eigenvalue weighted by molar-refractivity contribution is -0.142. The summed E-state index contributed by atoms with van der Waals surface area (Å²) in [4.78, 5) is 279. The molecular formula is C100H144N24O23S. The van der Waals surface area contributed by atoms with Crippen LogP contribution in [0.15, 0.2) is 109 Å². The lowest BCUT2D eigenvalue weighted by atomic mass is 9.84. The van der Waals surface area contributed by atoms with Crippen LogP contribution >= 0.6 is 11.8 Å². The van der Waals surface area contributed by atoms with Gasteiger partial charge in [0, 0.05) is 68.3 Å². The number of carbonyl (C=O) groups is 19. The van der Waals surface area contributed by atoms with Crippen LogP contribution in [0.2, 0.25) is 0 Å². The van der Waals surface area contributed by atoms with E-state index in [0.717, 1.165) is 30.4 Å². The number of urea groups is 1. The van der Waals surface area contributed by atoms with Crippen molar-refractivity contribution in [2.24, 2.45) is 58.3 Å². The second kappa shape index (κ2) is 59.3. The predicted molar refractivity (Wildman–Crippen MR) is 547 cm³/mol. The summed E-state index contributed by atoms with van der Waals surface area (Å²) in [5, 5.41) is 81.3. The second-order valence-electron chi connectivity index (χ2n) is 38.6. The van der Waals surface area contributed by atoms with E-state index in [0.29, 0.717) is 59.5 Å². The highest BCUT2D eigenvalue weighted by Crippen LogP contribution is 2.30. The number of nitrogens with one attached hydrogen (secondary N) is 18. The number of hydrogen-bond acceptors (Lipinski definition) is 25. The highest BCUT2D eigenvalue weighted by atomic mass is 32.2. The van der Waals surface area contributed by atoms with E-state index in [-0.39, 0.29) is 107 Å². The number of likely N-dealkylation sites (tertiary alicyclic amines) is 1. The Morgan fingerprint density at radius 2 is 0.932 bits per heavy atom. The van der Waals surface area contributed by atoms with Gasteiger partial charge < -0.3 is 144 Å². The summed E-state index contributed by atoms with van der Waals surface area (Å²) < 4.78 is 5.36. The van der Waals surface area contributed by atoms with Crippen LogP contribution in [-0.2, 0) is 106 Å². The molecule has 3 fully saturated rings. The molecule has 0 spiro atoms. The molecule has 808 valence electrons. The number of ether oxygens (including phenoxy) is 1. The van der Waals surface area contributed by atoms with Gasteiger partial charge in [-0.1, -0.05) is 159 Å². The molecule has 15 atom stereocenters. The number of aromatic amines is 1. The number of carboxylic acid groups (broad SMARTS) is 2. The van der Waals surface area contributed by atoms with Gasteiger partial charge in [0.25, 0.3) is 0 Å². The Labute approximate surface area is 861 Å². The number of amides is 18. The lowest BCUT2D eigenvalue weighted by Gasteiger charge is -2.34. The van der Waals surface area contributed by atoms with Crippen molar-refractivity contribution in [2.75, 3.05) is 57.4 Å². The molecule has 2 saturated heterocycles. The van der Waals surface area contributed by atoms with Gasteiger partial charge in [-0.25, -0.2) is 9.59 Å². The van der Waals surface area contributed by atoms with E-state index in [1.54, 1.807) is 95.0 Å². The third-order valence-corrected chi connectivity index (χ3v) is 26.8. The number of aliphatic hydroxyl groups excluding tert-OH is 1. The molecule has 1 aromatic heterocycles. The normalized spacial score (nSPS) is 23.7. The summed E-state index contributed by atoms with van der Waals surface area (Å²) in [5.74, 6) is -23.7. The Kier molecular flexibility index (Phi) is 47.6. The molecule has 3 aliphatic rings. The molecule has 8 rings (SSSR count). The Morgan fingerprint density at radius 3 is 1.47 bits per heavy atom. The smallest absolute Gasteiger partial charge is 0.341 e. The molecule has 0 radical (unpaired) electrons. The first-order chi connectivity index (χ1) is 70.4. The third kappa shape index (κ3) is 38.4. The number of para-hydroxylation sites is 1. The molecule has 1 saturated carbocycles. The molecule has 5 aromatic rings. The zero-order valence-electron chi connectivity index (χ0n) is 84.3. The average molecular weight is 2080 g/mol. The standard InChI is InChI=1S/C100H144N24O23S/c1-53(2)40-69-87(134)119-76(47-102)94(141)115-73(41-57-18-10-8-11-19-57)92(139)122-83(55(5)6)98(145)120-77(49-125)95(142)121-78(96(143)109-56(7)84(103)131)51-148-52-79(126)110-70(44-60-34-38-124(39-35-60)99(104)105)88(135)114-71(43-59-28-32-64(33-29-59)147-50-81(129)130)90(137)117-75(46-80(127)128)91(138)116-74(45-63-48-108-66-23-15-14-22-65(63)66)93(140)123-82(54(3)4)97(144)118-72(42-58-26-30-62(31-27-58)61-20-12-9-13-21-61)89(136)112-68(25-17-37-107-100(106)146)85(132)111-67(24-16-36-101)86(133)113-69/h9,12-15,20-23,26-33,48,53-57,60,67-78,82-83,108,125H,8,10-11,16-19,24-25,34-47,49-52,101-102H2,1-7H3,(H2,103,131)(H3,104,105)(H,109,143)(H,110,126)(H,111,132)(H,112,136)(H,113,133)(H,114,135)(H,115,141)(H,116,138)(H,117,137)(H,118,144)(H,119,134)(H,120,145)(H,121,142)(H,122,139)(H,123,140)(H,127,128)(H,129,130)(H3,106,107,146)/t56-,67-,68-,69+,70-,71-,72-,73-,74-,75-,76-,77-,78-,82-,83-/m0/s1. The highest BCUT2D eigenvalue weighted by molar-refractivity contribution is 8.00. The van der Waals surface area contributed by atoms with Crippen LogP contribution in [0.1, 0.15) is 161 Å². The molecule has 48 heteroatoms. The number of aliphatic hydroxyl groups is 1. The molecule has 0 unspecified atom stereocenters. The molecule has 18 amide bonds. The number of rotatable bonds is 32. The van der Waals surface area contributed by atoms with Crippen molar-refractivity contribution < 1.29 is 111 Å². The fourth-order valence-corrected chi connectivity index (χ4v) is 18.3. The first-order valence-electron chi connectivity index (χ1n) is 49.8. The van der Waals surface area contributed by atoms with Gasteiger partial charge in [-0.05, 0) is 147 Å². The van der Waals surface area contributed by atoms with E-state index < -0.39 is 271 Å². The molecule has 148 heavy (non-hydrogen) atoms. The SMILES string of the molecule is CC(C)C[C@H]1NC(=O)[C@H](CCCN)NC(=O)[C@H](CCCNC(N)=O)NC(=O)[C@H](Cc2ccc(-c3ccccc3)cc2)NC(=O)[C@H](C(C)C)NC(=O)[C@H](Cc2c[nH]c3ccccc23)NC(=O)[C@H](CC(=O)O)NC(=O)[C@H](Cc2ccc(OCC(=O)O)cc2)NC(=O)[C@H](CC2CCN(C(=N)N)CC2)NC(=O)CSC[C@@H](C(=O)N[C@@H](C)C(N)=O)NC(=O)[C@H](CO)NC(=O)[C@H](C(C)C)NC(=O)[C@H](CC2CCCCC2)NC(=O)[C@H](CN)NC1=O. The van der Waals surface area contributed by atoms with E-state index in [4.69, 9.17) is 38.8 Å². The first kappa shape index (κ1) is 119. The summed E-state index contributed by atoms with van der Waals surface area (Å²) in [6, 6.07) is 2.68. The fraction of sp³-hybridized carbons (Fsp3) is 0.540. The van der Waals surface area contributed by atoms with Crippen molar-refractivity contribution in [3.63, 3.8) is 0 Å². The number of nitrogens with zero attached hydrogens (tertiary/aromatic N) is 1. The molecule has 47 nitrogen and oxygen atoms in total. The van der Waals surface area contributed by atoms with Crippen LogP contribution in [0, 0.1) is 35.0 Å². The van der Waals surface area contributed by atoms with Crippen molar-refractivity contribution in [1.82, 2.24) is 95.0 Å². The van der Waals surface area contributed by atoms with E-state index in [1.165, 1.54) is 37.4 Å². The second-order valence-corrected chi connectivity index (χ2v) is 39.6. The maximum Gasteiger partial charge on any atom is 0.341 e. The molecule has 3 heterocycles. The number of guanidine groups is 1. The molecule has 0 bridgehead atoms. The van der Waals surface area contributed by atoms with Crippen molar-refractivity contribution in [3.8, 4) is 16.9 Å². The number of hydrogen-bond donors (Lipinski definition) is 26. The van der Waals surface area contributed by atoms with Crippen LogP contribution in [0.5, 0.6) is 5.75 Å². The number of carboxylic acids is 2.